The van der Waals surface area contributed by atoms with Gasteiger partial charge in [-0.05, 0) is 57.3 Å². The lowest BCUT2D eigenvalue weighted by Gasteiger charge is -2.20. The van der Waals surface area contributed by atoms with Gasteiger partial charge in [-0.2, -0.15) is 0 Å². The van der Waals surface area contributed by atoms with E-state index in [-0.39, 0.29) is 21.8 Å². The zero-order valence-electron chi connectivity index (χ0n) is 16.2. The fraction of sp³-hybridized carbons (Fsp3) is 0.353. The van der Waals surface area contributed by atoms with Crippen molar-refractivity contribution in [2.45, 2.75) is 12.8 Å². The van der Waals surface area contributed by atoms with Gasteiger partial charge in [-0.3, -0.25) is 10.1 Å². The number of oxime groups is 1. The van der Waals surface area contributed by atoms with Gasteiger partial charge >= 0.3 is 0 Å². The number of nitrogens with one attached hydrogen (secondary N) is 3. The molecule has 0 bridgehead atoms. The van der Waals surface area contributed by atoms with Crippen LogP contribution in [0.5, 0.6) is 0 Å². The van der Waals surface area contributed by atoms with E-state index in [1.807, 2.05) is 4.90 Å². The second-order valence-electron chi connectivity index (χ2n) is 6.51. The molecule has 0 unspecified atom stereocenters. The summed E-state index contributed by atoms with van der Waals surface area (Å²) in [6.45, 7) is 2.20. The first-order valence-corrected chi connectivity index (χ1v) is 10.1. The Labute approximate surface area is 184 Å². The van der Waals surface area contributed by atoms with Crippen LogP contribution < -0.4 is 16.0 Å². The molecule has 1 saturated heterocycles. The van der Waals surface area contributed by atoms with E-state index in [1.165, 1.54) is 18.2 Å². The van der Waals surface area contributed by atoms with E-state index in [4.69, 9.17) is 4.63 Å². The minimum atomic E-state index is -0.489. The van der Waals surface area contributed by atoms with Gasteiger partial charge in [-0.25, -0.2) is 9.02 Å². The quantitative estimate of drug-likeness (QED) is 0.101. The first kappa shape index (κ1) is 22.3. The van der Waals surface area contributed by atoms with Gasteiger partial charge in [0.2, 0.25) is 11.7 Å². The summed E-state index contributed by atoms with van der Waals surface area (Å²) >= 11 is 3.08. The van der Waals surface area contributed by atoms with E-state index >= 15 is 0 Å². The number of nitrogens with zero attached hydrogens (tertiary/aromatic N) is 5. The van der Waals surface area contributed by atoms with Crippen molar-refractivity contribution in [1.29, 1.82) is 0 Å². The predicted octanol–water partition coefficient (Wildman–Crippen LogP) is 2.39. The van der Waals surface area contributed by atoms with Gasteiger partial charge in [0, 0.05) is 31.9 Å². The summed E-state index contributed by atoms with van der Waals surface area (Å²) in [6, 6.07) is 4.16. The summed E-state index contributed by atoms with van der Waals surface area (Å²) < 4.78 is 18.4. The molecule has 166 valence electrons. The van der Waals surface area contributed by atoms with E-state index in [0.717, 1.165) is 32.1 Å². The van der Waals surface area contributed by atoms with Gasteiger partial charge in [0.25, 0.3) is 6.20 Å². The Morgan fingerprint density at radius 2 is 2.16 bits per heavy atom. The molecule has 1 aliphatic rings. The van der Waals surface area contributed by atoms with Crippen LogP contribution in [0.2, 0.25) is 0 Å². The van der Waals surface area contributed by atoms with Crippen LogP contribution in [0.15, 0.2) is 44.5 Å². The molecule has 12 nitrogen and oxygen atoms in total. The molecule has 1 aromatic heterocycles. The number of nitro groups is 1. The lowest BCUT2D eigenvalue weighted by molar-refractivity contribution is -0.404. The van der Waals surface area contributed by atoms with Crippen LogP contribution in [0.25, 0.3) is 0 Å². The Bertz CT molecular complexity index is 977. The molecule has 1 aliphatic heterocycles. The average molecular weight is 499 g/mol. The molecule has 1 aromatic carbocycles. The Morgan fingerprint density at radius 3 is 2.84 bits per heavy atom. The van der Waals surface area contributed by atoms with Crippen molar-refractivity contribution in [3.05, 3.63) is 56.3 Å². The largest absolute Gasteiger partial charge is 0.409 e. The maximum Gasteiger partial charge on any atom is 0.274 e. The number of hydrogen-bond donors (Lipinski definition) is 4. The summed E-state index contributed by atoms with van der Waals surface area (Å²) in [5, 5.41) is 39.7. The Balaban J connectivity index is 1.59. The van der Waals surface area contributed by atoms with Gasteiger partial charge in [-0.15, -0.1) is 0 Å². The van der Waals surface area contributed by atoms with Crippen molar-refractivity contribution in [2.75, 3.05) is 36.8 Å². The smallest absolute Gasteiger partial charge is 0.274 e. The van der Waals surface area contributed by atoms with Gasteiger partial charge in [-0.1, -0.05) is 5.16 Å². The van der Waals surface area contributed by atoms with E-state index < -0.39 is 10.7 Å². The molecular weight excluding hydrogens is 479 g/mol. The Morgan fingerprint density at radius 1 is 1.39 bits per heavy atom. The van der Waals surface area contributed by atoms with Gasteiger partial charge in [0.05, 0.1) is 9.40 Å². The third-order valence-electron chi connectivity index (χ3n) is 4.39. The number of aromatic nitrogens is 2. The SMILES string of the molecule is O=[N+]([O-])C=C(NCCNc1nonc1C(=NO)Nc1ccc(F)c(Br)c1)N1CCCC1. The van der Waals surface area contributed by atoms with Crippen molar-refractivity contribution in [3.63, 3.8) is 0 Å². The molecule has 1 fully saturated rings. The van der Waals surface area contributed by atoms with Gasteiger partial charge in [0.15, 0.2) is 11.5 Å². The van der Waals surface area contributed by atoms with Crippen molar-refractivity contribution in [1.82, 2.24) is 20.5 Å². The van der Waals surface area contributed by atoms with Crippen LogP contribution >= 0.6 is 15.9 Å². The highest BCUT2D eigenvalue weighted by Crippen LogP contribution is 2.21. The molecule has 0 saturated carbocycles. The first-order chi connectivity index (χ1) is 15.0. The first-order valence-electron chi connectivity index (χ1n) is 9.33. The lowest BCUT2D eigenvalue weighted by atomic mass is 10.3. The van der Waals surface area contributed by atoms with Crippen LogP contribution in [-0.4, -0.2) is 57.4 Å². The minimum Gasteiger partial charge on any atom is -0.409 e. The fourth-order valence-electron chi connectivity index (χ4n) is 2.97. The van der Waals surface area contributed by atoms with Gasteiger partial charge in [0.1, 0.15) is 5.82 Å². The Hall–Kier alpha value is -3.42. The maximum absolute atomic E-state index is 13.4. The molecule has 0 spiro atoms. The highest BCUT2D eigenvalue weighted by atomic mass is 79.9. The summed E-state index contributed by atoms with van der Waals surface area (Å²) in [5.41, 5.74) is 0.542. The van der Waals surface area contributed by atoms with Crippen molar-refractivity contribution < 1.29 is 19.2 Å². The molecular formula is C17H20BrFN8O4. The summed E-state index contributed by atoms with van der Waals surface area (Å²) in [5.74, 6) is 0.139. The predicted molar refractivity (Wildman–Crippen MR) is 113 cm³/mol. The normalized spacial score (nSPS) is 14.6. The van der Waals surface area contributed by atoms with Crippen LogP contribution in [0.1, 0.15) is 18.5 Å². The average Bonchev–Trinajstić information content (AvgIpc) is 3.43. The molecule has 14 heteroatoms. The zero-order chi connectivity index (χ0) is 22.2. The minimum absolute atomic E-state index is 0.0683. The molecule has 0 aliphatic carbocycles. The number of halogens is 2. The number of amidine groups is 1. The second kappa shape index (κ2) is 10.6. The van der Waals surface area contributed by atoms with Crippen LogP contribution in [-0.2, 0) is 0 Å². The second-order valence-corrected chi connectivity index (χ2v) is 7.37. The standard InChI is InChI=1S/C17H20BrFN8O4/c18-12-9-11(3-4-13(12)19)22-17(23-28)15-16(25-31-24-15)21-6-5-20-14(10-27(29)30)26-7-1-2-8-26/h3-4,9-10,20,28H,1-2,5-8H2,(H,21,25)(H,22,23). The highest BCUT2D eigenvalue weighted by molar-refractivity contribution is 9.10. The molecule has 2 heterocycles. The lowest BCUT2D eigenvalue weighted by Crippen LogP contribution is -2.33. The maximum atomic E-state index is 13.4. The zero-order valence-corrected chi connectivity index (χ0v) is 17.8. The third kappa shape index (κ3) is 6.04. The van der Waals surface area contributed by atoms with E-state index in [9.17, 15) is 19.7 Å². The van der Waals surface area contributed by atoms with Crippen LogP contribution in [0.3, 0.4) is 0 Å². The molecule has 2 aromatic rings. The third-order valence-corrected chi connectivity index (χ3v) is 5.00. The van der Waals surface area contributed by atoms with Gasteiger partial charge < -0.3 is 26.1 Å². The van der Waals surface area contributed by atoms with Crippen molar-refractivity contribution in [3.8, 4) is 0 Å². The molecule has 31 heavy (non-hydrogen) atoms. The van der Waals surface area contributed by atoms with E-state index in [0.29, 0.717) is 24.6 Å². The fourth-order valence-corrected chi connectivity index (χ4v) is 3.35. The number of benzene rings is 1. The van der Waals surface area contributed by atoms with Crippen LogP contribution in [0, 0.1) is 15.9 Å². The monoisotopic (exact) mass is 498 g/mol. The number of likely N-dealkylation sites (tertiary alicyclic amines) is 1. The van der Waals surface area contributed by atoms with Crippen molar-refractivity contribution in [2.24, 2.45) is 5.16 Å². The van der Waals surface area contributed by atoms with E-state index in [2.05, 4.69) is 47.3 Å². The van der Waals surface area contributed by atoms with Crippen LogP contribution in [0.4, 0.5) is 15.9 Å². The van der Waals surface area contributed by atoms with E-state index in [1.54, 1.807) is 0 Å². The Kier molecular flexibility index (Phi) is 7.59. The molecule has 4 N–H and O–H groups in total. The highest BCUT2D eigenvalue weighted by Gasteiger charge is 2.19. The summed E-state index contributed by atoms with van der Waals surface area (Å²) in [4.78, 5) is 12.3. The number of hydrogen-bond acceptors (Lipinski definition) is 10. The number of anilines is 2. The number of rotatable bonds is 9. The molecule has 0 atom stereocenters. The summed E-state index contributed by atoms with van der Waals surface area (Å²) in [7, 11) is 0. The molecule has 0 radical (unpaired) electrons. The molecule has 0 amide bonds. The van der Waals surface area contributed by atoms with Crippen molar-refractivity contribution >= 4 is 33.3 Å². The molecule has 3 rings (SSSR count). The summed E-state index contributed by atoms with van der Waals surface area (Å²) in [6.07, 6.45) is 2.93. The topological polar surface area (TPSA) is 154 Å².